The van der Waals surface area contributed by atoms with E-state index in [-0.39, 0.29) is 11.6 Å². The van der Waals surface area contributed by atoms with Crippen LogP contribution in [0.2, 0.25) is 0 Å². The molecule has 0 unspecified atom stereocenters. The topological polar surface area (TPSA) is 58.2 Å². The number of halogens is 2. The van der Waals surface area contributed by atoms with Gasteiger partial charge in [-0.1, -0.05) is 29.8 Å². The maximum atomic E-state index is 13.3. The highest BCUT2D eigenvalue weighted by molar-refractivity contribution is 9.10. The van der Waals surface area contributed by atoms with Crippen molar-refractivity contribution in [2.45, 2.75) is 13.8 Å². The van der Waals surface area contributed by atoms with Gasteiger partial charge in [0.2, 0.25) is 0 Å². The van der Waals surface area contributed by atoms with Crippen LogP contribution in [0.3, 0.4) is 0 Å². The van der Waals surface area contributed by atoms with E-state index in [1.54, 1.807) is 0 Å². The van der Waals surface area contributed by atoms with Crippen molar-refractivity contribution in [3.63, 3.8) is 0 Å². The molecule has 98 valence electrons. The number of hydrogen-bond acceptors (Lipinski definition) is 2. The molecule has 0 bridgehead atoms. The number of hydrogen-bond donors (Lipinski definition) is 2. The molecule has 0 spiro atoms. The van der Waals surface area contributed by atoms with Gasteiger partial charge in [0, 0.05) is 11.0 Å². The van der Waals surface area contributed by atoms with E-state index in [1.807, 2.05) is 13.8 Å². The van der Waals surface area contributed by atoms with Gasteiger partial charge in [0.05, 0.1) is 5.69 Å². The number of nitrogens with one attached hydrogen (secondary N) is 2. The molecule has 0 fully saturated rings. The zero-order chi connectivity index (χ0) is 13.7. The Morgan fingerprint density at radius 1 is 1.33 bits per heavy atom. The summed E-state index contributed by atoms with van der Waals surface area (Å²) in [5.74, 6) is -2.01. The molecule has 4 nitrogen and oxygen atoms in total. The van der Waals surface area contributed by atoms with Crippen LogP contribution in [0.1, 0.15) is 13.8 Å². The van der Waals surface area contributed by atoms with Crippen LogP contribution in [0, 0.1) is 11.7 Å². The maximum absolute atomic E-state index is 13.3. The molecule has 6 heteroatoms. The van der Waals surface area contributed by atoms with Gasteiger partial charge in [0.1, 0.15) is 5.82 Å². The molecule has 0 aliphatic rings. The predicted molar refractivity (Wildman–Crippen MR) is 70.6 cm³/mol. The molecule has 0 aliphatic heterocycles. The molecule has 0 aromatic heterocycles. The van der Waals surface area contributed by atoms with E-state index in [1.165, 1.54) is 18.2 Å². The highest BCUT2D eigenvalue weighted by atomic mass is 79.9. The van der Waals surface area contributed by atoms with Crippen LogP contribution < -0.4 is 10.6 Å². The second-order valence-electron chi connectivity index (χ2n) is 4.18. The Hall–Kier alpha value is -1.43. The average Bonchev–Trinajstić information content (AvgIpc) is 2.30. The van der Waals surface area contributed by atoms with Crippen LogP contribution in [0.25, 0.3) is 0 Å². The summed E-state index contributed by atoms with van der Waals surface area (Å²) in [6.07, 6.45) is 0. The minimum Gasteiger partial charge on any atom is -0.348 e. The lowest BCUT2D eigenvalue weighted by atomic mass is 10.2. The Balaban J connectivity index is 2.64. The van der Waals surface area contributed by atoms with Crippen LogP contribution in [0.5, 0.6) is 0 Å². The molecule has 18 heavy (non-hydrogen) atoms. The Kier molecular flexibility index (Phi) is 5.27. The van der Waals surface area contributed by atoms with Crippen molar-refractivity contribution in [2.75, 3.05) is 11.9 Å². The molecule has 1 rings (SSSR count). The van der Waals surface area contributed by atoms with E-state index < -0.39 is 17.6 Å². The van der Waals surface area contributed by atoms with Gasteiger partial charge in [-0.15, -0.1) is 0 Å². The third-order valence-electron chi connectivity index (χ3n) is 2.05. The number of anilines is 1. The molecular formula is C12H14BrFN2O2. The first-order valence-electron chi connectivity index (χ1n) is 5.44. The van der Waals surface area contributed by atoms with E-state index in [9.17, 15) is 14.0 Å². The number of carbonyl (C=O) groups excluding carboxylic acids is 2. The van der Waals surface area contributed by atoms with Gasteiger partial charge in [0.15, 0.2) is 0 Å². The first-order valence-corrected chi connectivity index (χ1v) is 6.23. The fraction of sp³-hybridized carbons (Fsp3) is 0.333. The molecule has 2 amide bonds. The van der Waals surface area contributed by atoms with E-state index in [0.717, 1.165) is 0 Å². The predicted octanol–water partition coefficient (Wildman–Crippen LogP) is 2.30. The van der Waals surface area contributed by atoms with Gasteiger partial charge in [-0.3, -0.25) is 9.59 Å². The van der Waals surface area contributed by atoms with E-state index >= 15 is 0 Å². The second-order valence-corrected chi connectivity index (χ2v) is 5.10. The molecule has 0 saturated carbocycles. The first kappa shape index (κ1) is 14.6. The van der Waals surface area contributed by atoms with Gasteiger partial charge in [-0.05, 0) is 24.1 Å². The van der Waals surface area contributed by atoms with Crippen molar-refractivity contribution in [1.29, 1.82) is 0 Å². The third kappa shape index (κ3) is 4.44. The molecule has 0 saturated heterocycles. The lowest BCUT2D eigenvalue weighted by molar-refractivity contribution is -0.136. The fourth-order valence-corrected chi connectivity index (χ4v) is 1.51. The van der Waals surface area contributed by atoms with Gasteiger partial charge in [-0.2, -0.15) is 0 Å². The molecule has 1 aromatic carbocycles. The average molecular weight is 317 g/mol. The van der Waals surface area contributed by atoms with Gasteiger partial charge < -0.3 is 10.6 Å². The molecule has 0 radical (unpaired) electrons. The Morgan fingerprint density at radius 3 is 2.61 bits per heavy atom. The molecule has 2 N–H and O–H groups in total. The minimum atomic E-state index is -0.882. The van der Waals surface area contributed by atoms with Crippen LogP contribution in [-0.2, 0) is 9.59 Å². The summed E-state index contributed by atoms with van der Waals surface area (Å²) >= 11 is 3.15. The van der Waals surface area contributed by atoms with Crippen molar-refractivity contribution in [3.05, 3.63) is 28.5 Å². The van der Waals surface area contributed by atoms with Crippen LogP contribution in [-0.4, -0.2) is 18.4 Å². The lowest BCUT2D eigenvalue weighted by Gasteiger charge is -2.09. The summed E-state index contributed by atoms with van der Waals surface area (Å²) in [4.78, 5) is 22.9. The standard InChI is InChI=1S/C12H14BrFN2O2/c1-7(2)6-15-11(17)12(18)16-10-5-8(13)3-4-9(10)14/h3-5,7H,6H2,1-2H3,(H,15,17)(H,16,18). The van der Waals surface area contributed by atoms with E-state index in [2.05, 4.69) is 26.6 Å². The monoisotopic (exact) mass is 316 g/mol. The summed E-state index contributed by atoms with van der Waals surface area (Å²) in [5, 5.41) is 4.67. The first-order chi connectivity index (χ1) is 8.40. The molecule has 0 atom stereocenters. The summed E-state index contributed by atoms with van der Waals surface area (Å²) < 4.78 is 14.0. The zero-order valence-electron chi connectivity index (χ0n) is 10.1. The van der Waals surface area contributed by atoms with Crippen molar-refractivity contribution >= 4 is 33.4 Å². The minimum absolute atomic E-state index is 0.0333. The second kappa shape index (κ2) is 6.49. The number of amides is 2. The van der Waals surface area contributed by atoms with Crippen molar-refractivity contribution < 1.29 is 14.0 Å². The summed E-state index contributed by atoms with van der Waals surface area (Å²) in [6, 6.07) is 4.10. The Bertz CT molecular complexity index is 463. The van der Waals surface area contributed by atoms with Gasteiger partial charge >= 0.3 is 11.8 Å². The quantitative estimate of drug-likeness (QED) is 0.841. The van der Waals surface area contributed by atoms with E-state index in [0.29, 0.717) is 11.0 Å². The van der Waals surface area contributed by atoms with E-state index in [4.69, 9.17) is 0 Å². The number of carbonyl (C=O) groups is 2. The van der Waals surface area contributed by atoms with Gasteiger partial charge in [-0.25, -0.2) is 4.39 Å². The van der Waals surface area contributed by atoms with Crippen molar-refractivity contribution in [3.8, 4) is 0 Å². The summed E-state index contributed by atoms with van der Waals surface area (Å²) in [6.45, 7) is 4.21. The molecule has 0 heterocycles. The highest BCUT2D eigenvalue weighted by Crippen LogP contribution is 2.19. The molecule has 0 aliphatic carbocycles. The normalized spacial score (nSPS) is 10.3. The largest absolute Gasteiger partial charge is 0.348 e. The van der Waals surface area contributed by atoms with Crippen LogP contribution >= 0.6 is 15.9 Å². The molecular weight excluding hydrogens is 303 g/mol. The Labute approximate surface area is 113 Å². The fourth-order valence-electron chi connectivity index (χ4n) is 1.15. The maximum Gasteiger partial charge on any atom is 0.313 e. The number of benzene rings is 1. The van der Waals surface area contributed by atoms with Crippen molar-refractivity contribution in [1.82, 2.24) is 5.32 Å². The Morgan fingerprint density at radius 2 is 2.00 bits per heavy atom. The van der Waals surface area contributed by atoms with Gasteiger partial charge in [0.25, 0.3) is 0 Å². The summed E-state index contributed by atoms with van der Waals surface area (Å²) in [7, 11) is 0. The van der Waals surface area contributed by atoms with Crippen molar-refractivity contribution in [2.24, 2.45) is 5.92 Å². The zero-order valence-corrected chi connectivity index (χ0v) is 11.7. The third-order valence-corrected chi connectivity index (χ3v) is 2.55. The SMILES string of the molecule is CC(C)CNC(=O)C(=O)Nc1cc(Br)ccc1F. The molecule has 1 aromatic rings. The van der Waals surface area contributed by atoms with Crippen LogP contribution in [0.15, 0.2) is 22.7 Å². The summed E-state index contributed by atoms with van der Waals surface area (Å²) in [5.41, 5.74) is -0.0333. The lowest BCUT2D eigenvalue weighted by Crippen LogP contribution is -2.37. The van der Waals surface area contributed by atoms with Crippen LogP contribution in [0.4, 0.5) is 10.1 Å². The smallest absolute Gasteiger partial charge is 0.313 e. The number of rotatable bonds is 3. The highest BCUT2D eigenvalue weighted by Gasteiger charge is 2.15.